The number of halogens is 2. The van der Waals surface area contributed by atoms with E-state index < -0.39 is 0 Å². The van der Waals surface area contributed by atoms with Gasteiger partial charge in [0.2, 0.25) is 5.91 Å². The first-order chi connectivity index (χ1) is 8.93. The van der Waals surface area contributed by atoms with Crippen LogP contribution in [-0.4, -0.2) is 18.6 Å². The monoisotopic (exact) mass is 304 g/mol. The molecule has 0 fully saturated rings. The highest BCUT2D eigenvalue weighted by atomic mass is 35.5. The van der Waals surface area contributed by atoms with Gasteiger partial charge in [-0.3, -0.25) is 4.79 Å². The van der Waals surface area contributed by atoms with Crippen molar-refractivity contribution in [1.82, 2.24) is 0 Å². The molecule has 0 heterocycles. The molecule has 1 aromatic rings. The third-order valence-corrected chi connectivity index (χ3v) is 3.23. The number of nitrogen functional groups attached to an aromatic ring is 1. The molecule has 1 unspecified atom stereocenters. The van der Waals surface area contributed by atoms with Gasteiger partial charge in [-0.05, 0) is 25.5 Å². The molecule has 6 heteroatoms. The maximum absolute atomic E-state index is 11.7. The molecule has 0 spiro atoms. The molecule has 0 aromatic heterocycles. The van der Waals surface area contributed by atoms with Gasteiger partial charge in [0.15, 0.2) is 0 Å². The number of hydrogen-bond donors (Lipinski definition) is 2. The predicted molar refractivity (Wildman–Crippen MR) is 79.8 cm³/mol. The fourth-order valence-corrected chi connectivity index (χ4v) is 1.98. The third-order valence-electron chi connectivity index (χ3n) is 2.64. The number of nitrogens with one attached hydrogen (secondary N) is 1. The van der Waals surface area contributed by atoms with E-state index in [2.05, 4.69) is 5.32 Å². The summed E-state index contributed by atoms with van der Waals surface area (Å²) in [5.41, 5.74) is 6.42. The molecule has 19 heavy (non-hydrogen) atoms. The average Bonchev–Trinajstić information content (AvgIpc) is 2.33. The Bertz CT molecular complexity index is 429. The maximum atomic E-state index is 11.7. The van der Waals surface area contributed by atoms with Gasteiger partial charge in [-0.15, -0.1) is 0 Å². The summed E-state index contributed by atoms with van der Waals surface area (Å²) in [7, 11) is 0. The minimum Gasteiger partial charge on any atom is -0.399 e. The van der Waals surface area contributed by atoms with E-state index in [1.54, 1.807) is 12.1 Å². The minimum atomic E-state index is -0.197. The molecule has 1 atom stereocenters. The van der Waals surface area contributed by atoms with Gasteiger partial charge >= 0.3 is 0 Å². The van der Waals surface area contributed by atoms with Crippen LogP contribution in [0.2, 0.25) is 10.0 Å². The molecule has 0 saturated heterocycles. The van der Waals surface area contributed by atoms with Crippen molar-refractivity contribution in [1.29, 1.82) is 0 Å². The molecule has 1 rings (SSSR count). The van der Waals surface area contributed by atoms with E-state index in [-0.39, 0.29) is 18.4 Å². The van der Waals surface area contributed by atoms with Crippen LogP contribution in [-0.2, 0) is 9.53 Å². The predicted octanol–water partition coefficient (Wildman–Crippen LogP) is 3.72. The zero-order valence-electron chi connectivity index (χ0n) is 11.0. The second-order valence-corrected chi connectivity index (χ2v) is 5.06. The van der Waals surface area contributed by atoms with Crippen molar-refractivity contribution in [2.24, 2.45) is 0 Å². The van der Waals surface area contributed by atoms with Gasteiger partial charge in [0.25, 0.3) is 0 Å². The molecule has 0 radical (unpaired) electrons. The number of rotatable bonds is 6. The molecule has 0 saturated carbocycles. The number of nitrogens with two attached hydrogens (primary N) is 1. The van der Waals surface area contributed by atoms with E-state index in [4.69, 9.17) is 33.7 Å². The van der Waals surface area contributed by atoms with Gasteiger partial charge in [-0.1, -0.05) is 30.1 Å². The van der Waals surface area contributed by atoms with Gasteiger partial charge in [0, 0.05) is 5.69 Å². The third kappa shape index (κ3) is 5.27. The van der Waals surface area contributed by atoms with Crippen molar-refractivity contribution in [2.75, 3.05) is 17.7 Å². The lowest BCUT2D eigenvalue weighted by molar-refractivity contribution is -0.117. The Morgan fingerprint density at radius 1 is 1.42 bits per heavy atom. The van der Waals surface area contributed by atoms with Crippen LogP contribution in [0.5, 0.6) is 0 Å². The molecule has 4 nitrogen and oxygen atoms in total. The smallest absolute Gasteiger partial charge is 0.226 e. The Labute approximate surface area is 123 Å². The summed E-state index contributed by atoms with van der Waals surface area (Å²) in [4.78, 5) is 11.7. The summed E-state index contributed by atoms with van der Waals surface area (Å²) < 4.78 is 5.43. The molecular formula is C13H18Cl2N2O2. The number of carbonyl (C=O) groups excluding carboxylic acids is 1. The number of benzene rings is 1. The molecule has 0 aliphatic rings. The fraction of sp³-hybridized carbons (Fsp3) is 0.462. The second-order valence-electron chi connectivity index (χ2n) is 4.25. The highest BCUT2D eigenvalue weighted by Gasteiger charge is 2.11. The molecular weight excluding hydrogens is 287 g/mol. The van der Waals surface area contributed by atoms with E-state index in [1.807, 2.05) is 13.8 Å². The lowest BCUT2D eigenvalue weighted by atomic mass is 10.2. The standard InChI is InChI=1S/C13H18Cl2N2O2/c1-3-8(2)19-5-4-12(18)17-13-10(14)6-9(16)7-11(13)15/h6-8H,3-5,16H2,1-2H3,(H,17,18). The summed E-state index contributed by atoms with van der Waals surface area (Å²) in [5, 5.41) is 3.30. The number of carbonyl (C=O) groups is 1. The van der Waals surface area contributed by atoms with Gasteiger partial charge in [0.1, 0.15) is 0 Å². The Morgan fingerprint density at radius 2 is 2.00 bits per heavy atom. The Hall–Kier alpha value is -0.970. The largest absolute Gasteiger partial charge is 0.399 e. The van der Waals surface area contributed by atoms with E-state index in [0.29, 0.717) is 28.0 Å². The summed E-state index contributed by atoms with van der Waals surface area (Å²) in [6.07, 6.45) is 1.31. The first kappa shape index (κ1) is 16.1. The molecule has 1 amide bonds. The van der Waals surface area contributed by atoms with E-state index in [0.717, 1.165) is 6.42 Å². The van der Waals surface area contributed by atoms with Gasteiger partial charge in [-0.2, -0.15) is 0 Å². The molecule has 1 aromatic carbocycles. The quantitative estimate of drug-likeness (QED) is 0.787. The van der Waals surface area contributed by atoms with E-state index in [9.17, 15) is 4.79 Å². The van der Waals surface area contributed by atoms with Crippen molar-refractivity contribution in [3.05, 3.63) is 22.2 Å². The van der Waals surface area contributed by atoms with Crippen LogP contribution in [0.4, 0.5) is 11.4 Å². The second kappa shape index (κ2) is 7.58. The van der Waals surface area contributed by atoms with Crippen LogP contribution in [0.3, 0.4) is 0 Å². The molecule has 0 aliphatic carbocycles. The summed E-state index contributed by atoms with van der Waals surface area (Å²) in [6.45, 7) is 4.36. The molecule has 0 aliphatic heterocycles. The lowest BCUT2D eigenvalue weighted by Gasteiger charge is -2.12. The molecule has 3 N–H and O–H groups in total. The van der Waals surface area contributed by atoms with E-state index >= 15 is 0 Å². The van der Waals surface area contributed by atoms with Crippen molar-refractivity contribution in [3.63, 3.8) is 0 Å². The van der Waals surface area contributed by atoms with Crippen molar-refractivity contribution in [2.45, 2.75) is 32.8 Å². The Kier molecular flexibility index (Phi) is 6.42. The van der Waals surface area contributed by atoms with Gasteiger partial charge < -0.3 is 15.8 Å². The number of amides is 1. The molecule has 0 bridgehead atoms. The fourth-order valence-electron chi connectivity index (χ4n) is 1.38. The summed E-state index contributed by atoms with van der Waals surface area (Å²) >= 11 is 12.0. The van der Waals surface area contributed by atoms with Crippen molar-refractivity contribution in [3.8, 4) is 0 Å². The van der Waals surface area contributed by atoms with Gasteiger partial charge in [0.05, 0.1) is 34.9 Å². The maximum Gasteiger partial charge on any atom is 0.226 e. The summed E-state index contributed by atoms with van der Waals surface area (Å²) in [5.74, 6) is -0.197. The van der Waals surface area contributed by atoms with Crippen LogP contribution in [0.1, 0.15) is 26.7 Å². The van der Waals surface area contributed by atoms with E-state index in [1.165, 1.54) is 0 Å². The van der Waals surface area contributed by atoms with Crippen molar-refractivity contribution < 1.29 is 9.53 Å². The highest BCUT2D eigenvalue weighted by Crippen LogP contribution is 2.32. The Morgan fingerprint density at radius 3 is 2.53 bits per heavy atom. The van der Waals surface area contributed by atoms with Crippen LogP contribution in [0.15, 0.2) is 12.1 Å². The number of hydrogen-bond acceptors (Lipinski definition) is 3. The van der Waals surface area contributed by atoms with Crippen LogP contribution < -0.4 is 11.1 Å². The normalized spacial score (nSPS) is 12.2. The topological polar surface area (TPSA) is 64.3 Å². The van der Waals surface area contributed by atoms with Gasteiger partial charge in [-0.25, -0.2) is 0 Å². The number of anilines is 2. The minimum absolute atomic E-state index is 0.150. The zero-order chi connectivity index (χ0) is 14.4. The summed E-state index contributed by atoms with van der Waals surface area (Å²) in [6, 6.07) is 3.08. The Balaban J connectivity index is 2.53. The highest BCUT2D eigenvalue weighted by molar-refractivity contribution is 6.40. The van der Waals surface area contributed by atoms with Crippen LogP contribution >= 0.6 is 23.2 Å². The SMILES string of the molecule is CCC(C)OCCC(=O)Nc1c(Cl)cc(N)cc1Cl. The first-order valence-corrected chi connectivity index (χ1v) is 6.85. The first-order valence-electron chi connectivity index (χ1n) is 6.10. The van der Waals surface area contributed by atoms with Crippen LogP contribution in [0, 0.1) is 0 Å². The lowest BCUT2D eigenvalue weighted by Crippen LogP contribution is -2.17. The zero-order valence-corrected chi connectivity index (χ0v) is 12.5. The number of ether oxygens (including phenoxy) is 1. The van der Waals surface area contributed by atoms with Crippen LogP contribution in [0.25, 0.3) is 0 Å². The van der Waals surface area contributed by atoms with Crippen molar-refractivity contribution >= 4 is 40.5 Å². The molecule has 106 valence electrons. The average molecular weight is 305 g/mol.